The summed E-state index contributed by atoms with van der Waals surface area (Å²) in [5, 5.41) is 4.06. The highest BCUT2D eigenvalue weighted by molar-refractivity contribution is 7.17. The third-order valence-electron chi connectivity index (χ3n) is 6.20. The van der Waals surface area contributed by atoms with Gasteiger partial charge in [0.25, 0.3) is 5.56 Å². The minimum absolute atomic E-state index is 0. The summed E-state index contributed by atoms with van der Waals surface area (Å²) in [5.41, 5.74) is 6.19. The zero-order valence-electron chi connectivity index (χ0n) is 18.4. The number of anilines is 1. The molecular weight excluding hydrogens is 477 g/mol. The molecule has 0 aliphatic carbocycles. The maximum absolute atomic E-state index is 13.9. The van der Waals surface area contributed by atoms with Gasteiger partial charge in [-0.15, -0.1) is 23.7 Å². The van der Waals surface area contributed by atoms with Gasteiger partial charge in [0.1, 0.15) is 18.2 Å². The van der Waals surface area contributed by atoms with E-state index in [1.54, 1.807) is 23.5 Å². The Bertz CT molecular complexity index is 1400. The van der Waals surface area contributed by atoms with E-state index in [9.17, 15) is 14.0 Å². The number of pyridine rings is 2. The molecule has 1 aliphatic rings. The molecule has 1 aliphatic heterocycles. The summed E-state index contributed by atoms with van der Waals surface area (Å²) in [6.07, 6.45) is 2.53. The lowest BCUT2D eigenvalue weighted by molar-refractivity contribution is -0.118. The van der Waals surface area contributed by atoms with Gasteiger partial charge in [-0.2, -0.15) is 0 Å². The number of hydrogen-bond acceptors (Lipinski definition) is 6. The van der Waals surface area contributed by atoms with Crippen LogP contribution < -0.4 is 16.2 Å². The summed E-state index contributed by atoms with van der Waals surface area (Å²) >= 11 is 1.73. The zero-order chi connectivity index (χ0) is 22.9. The number of carbonyl (C=O) groups is 1. The Morgan fingerprint density at radius 2 is 1.88 bits per heavy atom. The maximum atomic E-state index is 13.9. The molecule has 2 N–H and O–H groups in total. The molecule has 1 amide bonds. The lowest BCUT2D eigenvalue weighted by Gasteiger charge is -2.35. The average molecular weight is 502 g/mol. The highest BCUT2D eigenvalue weighted by Gasteiger charge is 2.20. The van der Waals surface area contributed by atoms with Gasteiger partial charge in [-0.05, 0) is 47.7 Å². The van der Waals surface area contributed by atoms with Crippen LogP contribution in [0.4, 0.5) is 10.2 Å². The number of nitrogens with zero attached hydrogens (tertiary/aromatic N) is 4. The topological polar surface area (TPSA) is 84.5 Å². The fraction of sp³-hybridized carbons (Fsp3) is 0.292. The third kappa shape index (κ3) is 4.77. The van der Waals surface area contributed by atoms with E-state index in [2.05, 4.69) is 26.2 Å². The van der Waals surface area contributed by atoms with Crippen molar-refractivity contribution in [2.75, 3.05) is 37.6 Å². The number of amides is 1. The summed E-state index contributed by atoms with van der Waals surface area (Å²) in [6.45, 7) is 4.07. The number of piperazine rings is 1. The van der Waals surface area contributed by atoms with Crippen molar-refractivity contribution in [3.8, 4) is 0 Å². The van der Waals surface area contributed by atoms with Gasteiger partial charge in [0, 0.05) is 60.5 Å². The molecule has 4 aromatic rings. The van der Waals surface area contributed by atoms with Crippen LogP contribution in [-0.2, 0) is 17.8 Å². The number of carbonyl (C=O) groups excluding carboxylic acids is 1. The zero-order valence-corrected chi connectivity index (χ0v) is 20.1. The third-order valence-corrected chi connectivity index (χ3v) is 7.08. The molecule has 34 heavy (non-hydrogen) atoms. The van der Waals surface area contributed by atoms with Gasteiger partial charge in [-0.25, -0.2) is 9.37 Å². The Balaban J connectivity index is 0.00000274. The molecule has 5 rings (SSSR count). The average Bonchev–Trinajstić information content (AvgIpc) is 3.29. The van der Waals surface area contributed by atoms with Crippen molar-refractivity contribution in [2.24, 2.45) is 5.73 Å². The predicted molar refractivity (Wildman–Crippen MR) is 137 cm³/mol. The first-order valence-electron chi connectivity index (χ1n) is 10.9. The van der Waals surface area contributed by atoms with Crippen LogP contribution in [0.3, 0.4) is 0 Å². The Morgan fingerprint density at radius 3 is 2.65 bits per heavy atom. The molecule has 178 valence electrons. The van der Waals surface area contributed by atoms with Crippen molar-refractivity contribution >= 4 is 56.5 Å². The number of hydrogen-bond donors (Lipinski definition) is 1. The Morgan fingerprint density at radius 1 is 1.09 bits per heavy atom. The van der Waals surface area contributed by atoms with Crippen molar-refractivity contribution in [3.63, 3.8) is 0 Å². The van der Waals surface area contributed by atoms with Gasteiger partial charge >= 0.3 is 0 Å². The number of aromatic nitrogens is 2. The SMILES string of the molecule is Cl.NC(=O)Cn1c(=O)cc(CCN2CCN(c3nccc4sccc34)CC2)c2ccc(F)cc21. The van der Waals surface area contributed by atoms with Crippen LogP contribution in [-0.4, -0.2) is 53.1 Å². The smallest absolute Gasteiger partial charge is 0.251 e. The summed E-state index contributed by atoms with van der Waals surface area (Å²) < 4.78 is 16.4. The maximum Gasteiger partial charge on any atom is 0.251 e. The number of benzene rings is 1. The molecule has 1 saturated heterocycles. The molecule has 7 nitrogen and oxygen atoms in total. The van der Waals surface area contributed by atoms with Gasteiger partial charge in [-0.1, -0.05) is 0 Å². The van der Waals surface area contributed by atoms with Crippen LogP contribution in [0, 0.1) is 5.82 Å². The van der Waals surface area contributed by atoms with Crippen molar-refractivity contribution in [1.82, 2.24) is 14.5 Å². The summed E-state index contributed by atoms with van der Waals surface area (Å²) in [4.78, 5) is 33.4. The first-order chi connectivity index (χ1) is 16.0. The molecule has 0 atom stereocenters. The van der Waals surface area contributed by atoms with Crippen molar-refractivity contribution in [2.45, 2.75) is 13.0 Å². The summed E-state index contributed by atoms with van der Waals surface area (Å²) in [6, 6.07) is 10.1. The quantitative estimate of drug-likeness (QED) is 0.439. The van der Waals surface area contributed by atoms with E-state index in [1.807, 2.05) is 12.3 Å². The van der Waals surface area contributed by atoms with E-state index in [0.29, 0.717) is 11.9 Å². The molecule has 1 fully saturated rings. The van der Waals surface area contributed by atoms with Crippen molar-refractivity contribution < 1.29 is 9.18 Å². The highest BCUT2D eigenvalue weighted by Crippen LogP contribution is 2.29. The number of primary amides is 1. The fourth-order valence-electron chi connectivity index (χ4n) is 4.54. The van der Waals surface area contributed by atoms with Crippen LogP contribution >= 0.6 is 23.7 Å². The standard InChI is InChI=1S/C24H24FN5O2S.ClH/c25-17-1-2-18-16(13-23(32)30(15-22(26)31)20(18)14-17)4-7-28-8-10-29(11-9-28)24-19-5-12-33-21(19)3-6-27-24;/h1-3,5-6,12-14H,4,7-11,15H2,(H2,26,31);1H. The molecule has 10 heteroatoms. The van der Waals surface area contributed by atoms with E-state index in [0.717, 1.165) is 49.5 Å². The molecule has 3 aromatic heterocycles. The van der Waals surface area contributed by atoms with Crippen LogP contribution in [0.2, 0.25) is 0 Å². The molecule has 0 saturated carbocycles. The molecule has 0 spiro atoms. The Kier molecular flexibility index (Phi) is 7.16. The minimum atomic E-state index is -0.638. The minimum Gasteiger partial charge on any atom is -0.368 e. The highest BCUT2D eigenvalue weighted by atomic mass is 35.5. The second-order valence-corrected chi connectivity index (χ2v) is 9.22. The Labute approximate surface area is 206 Å². The van der Waals surface area contributed by atoms with E-state index in [-0.39, 0.29) is 24.5 Å². The van der Waals surface area contributed by atoms with Gasteiger partial charge in [-0.3, -0.25) is 19.1 Å². The molecular formula is C24H25ClFN5O2S. The van der Waals surface area contributed by atoms with Gasteiger partial charge < -0.3 is 10.6 Å². The second-order valence-electron chi connectivity index (χ2n) is 8.27. The van der Waals surface area contributed by atoms with Crippen molar-refractivity contribution in [3.05, 3.63) is 69.7 Å². The lowest BCUT2D eigenvalue weighted by Crippen LogP contribution is -2.47. The number of fused-ring (bicyclic) bond motifs is 2. The fourth-order valence-corrected chi connectivity index (χ4v) is 5.32. The summed E-state index contributed by atoms with van der Waals surface area (Å²) in [7, 11) is 0. The normalized spacial score (nSPS) is 14.4. The van der Waals surface area contributed by atoms with Crippen LogP contribution in [0.15, 0.2) is 52.8 Å². The molecule has 0 radical (unpaired) electrons. The predicted octanol–water partition coefficient (Wildman–Crippen LogP) is 3.02. The number of rotatable bonds is 6. The number of thiophene rings is 1. The van der Waals surface area contributed by atoms with E-state index >= 15 is 0 Å². The van der Waals surface area contributed by atoms with E-state index < -0.39 is 11.7 Å². The van der Waals surface area contributed by atoms with Crippen LogP contribution in [0.1, 0.15) is 5.56 Å². The number of halogens is 2. The van der Waals surface area contributed by atoms with Gasteiger partial charge in [0.05, 0.1) is 5.52 Å². The molecule has 0 unspecified atom stereocenters. The summed E-state index contributed by atoms with van der Waals surface area (Å²) in [5.74, 6) is -0.0527. The monoisotopic (exact) mass is 501 g/mol. The van der Waals surface area contributed by atoms with E-state index in [4.69, 9.17) is 5.73 Å². The van der Waals surface area contributed by atoms with E-state index in [1.165, 1.54) is 26.8 Å². The van der Waals surface area contributed by atoms with Gasteiger partial charge in [0.2, 0.25) is 5.91 Å². The van der Waals surface area contributed by atoms with Crippen LogP contribution in [0.5, 0.6) is 0 Å². The molecule has 0 bridgehead atoms. The number of nitrogens with two attached hydrogens (primary N) is 1. The largest absolute Gasteiger partial charge is 0.368 e. The first kappa shape index (κ1) is 24.1. The Hall–Kier alpha value is -3.01. The second kappa shape index (κ2) is 10.1. The van der Waals surface area contributed by atoms with Crippen LogP contribution in [0.25, 0.3) is 21.0 Å². The first-order valence-corrected chi connectivity index (χ1v) is 11.8. The molecule has 1 aromatic carbocycles. The lowest BCUT2D eigenvalue weighted by atomic mass is 10.0. The van der Waals surface area contributed by atoms with Crippen molar-refractivity contribution in [1.29, 1.82) is 0 Å². The van der Waals surface area contributed by atoms with Gasteiger partial charge in [0.15, 0.2) is 0 Å². The molecule has 4 heterocycles.